The van der Waals surface area contributed by atoms with Gasteiger partial charge >= 0.3 is 6.18 Å². The van der Waals surface area contributed by atoms with Crippen LogP contribution in [-0.2, 0) is 6.18 Å². The third-order valence-corrected chi connectivity index (χ3v) is 3.35. The van der Waals surface area contributed by atoms with Gasteiger partial charge in [-0.1, -0.05) is 24.3 Å². The lowest BCUT2D eigenvalue weighted by molar-refractivity contribution is -0.140. The van der Waals surface area contributed by atoms with E-state index in [0.29, 0.717) is 11.1 Å². The number of hydrogen-bond acceptors (Lipinski definition) is 4. The summed E-state index contributed by atoms with van der Waals surface area (Å²) in [6.45, 7) is 1.71. The van der Waals surface area contributed by atoms with Crippen molar-refractivity contribution in [3.05, 3.63) is 54.0 Å². The average molecular weight is 319 g/mol. The number of halogens is 3. The van der Waals surface area contributed by atoms with Crippen LogP contribution < -0.4 is 5.73 Å². The van der Waals surface area contributed by atoms with E-state index < -0.39 is 11.9 Å². The maximum atomic E-state index is 13.4. The van der Waals surface area contributed by atoms with Gasteiger partial charge in [-0.05, 0) is 24.1 Å². The monoisotopic (exact) mass is 319 g/mol. The van der Waals surface area contributed by atoms with E-state index in [1.54, 1.807) is 37.3 Å². The molecule has 0 aliphatic rings. The second-order valence-corrected chi connectivity index (χ2v) is 4.88. The van der Waals surface area contributed by atoms with Crippen LogP contribution >= 0.6 is 0 Å². The second kappa shape index (κ2) is 5.38. The molecular weight excluding hydrogens is 307 g/mol. The highest BCUT2D eigenvalue weighted by Crippen LogP contribution is 2.41. The molecule has 0 aliphatic carbocycles. The first-order chi connectivity index (χ1) is 10.9. The number of anilines is 1. The van der Waals surface area contributed by atoms with E-state index in [1.807, 2.05) is 0 Å². The summed E-state index contributed by atoms with van der Waals surface area (Å²) < 4.78 is 41.1. The van der Waals surface area contributed by atoms with Crippen LogP contribution in [0.1, 0.15) is 11.3 Å². The van der Waals surface area contributed by atoms with Crippen molar-refractivity contribution in [2.24, 2.45) is 0 Å². The fourth-order valence-corrected chi connectivity index (χ4v) is 2.30. The second-order valence-electron chi connectivity index (χ2n) is 4.88. The number of hydrogen-bond donors (Lipinski definition) is 1. The summed E-state index contributed by atoms with van der Waals surface area (Å²) in [5, 5.41) is 3.61. The zero-order valence-corrected chi connectivity index (χ0v) is 12.0. The number of nitrogens with zero attached hydrogens (tertiary/aromatic N) is 4. The predicted octanol–water partition coefficient (Wildman–Crippen LogP) is 3.24. The lowest BCUT2D eigenvalue weighted by atomic mass is 10.00. The highest BCUT2D eigenvalue weighted by Gasteiger charge is 2.40. The van der Waals surface area contributed by atoms with Gasteiger partial charge in [0.05, 0.1) is 5.56 Å². The van der Waals surface area contributed by atoms with Crippen molar-refractivity contribution >= 4 is 5.82 Å². The van der Waals surface area contributed by atoms with Gasteiger partial charge in [0.2, 0.25) is 0 Å². The summed E-state index contributed by atoms with van der Waals surface area (Å²) in [5.74, 6) is -0.173. The molecule has 0 bridgehead atoms. The lowest BCUT2D eigenvalue weighted by Gasteiger charge is -2.09. The minimum atomic E-state index is -4.65. The van der Waals surface area contributed by atoms with E-state index in [0.717, 1.165) is 4.68 Å². The quantitative estimate of drug-likeness (QED) is 0.787. The summed E-state index contributed by atoms with van der Waals surface area (Å²) in [6, 6.07) is 8.24. The first-order valence-corrected chi connectivity index (χ1v) is 6.68. The summed E-state index contributed by atoms with van der Waals surface area (Å²) in [7, 11) is 0. The molecule has 2 aromatic heterocycles. The Kier molecular flexibility index (Phi) is 3.51. The zero-order chi connectivity index (χ0) is 16.6. The molecule has 3 aromatic rings. The molecular formula is C15H12F3N5. The smallest absolute Gasteiger partial charge is 0.383 e. The van der Waals surface area contributed by atoms with Crippen molar-refractivity contribution in [1.82, 2.24) is 19.7 Å². The van der Waals surface area contributed by atoms with Crippen molar-refractivity contribution in [3.8, 4) is 17.1 Å². The van der Waals surface area contributed by atoms with Crippen molar-refractivity contribution in [3.63, 3.8) is 0 Å². The van der Waals surface area contributed by atoms with E-state index in [1.165, 1.54) is 12.4 Å². The number of aromatic nitrogens is 4. The van der Waals surface area contributed by atoms with E-state index >= 15 is 0 Å². The van der Waals surface area contributed by atoms with Crippen molar-refractivity contribution in [1.29, 1.82) is 0 Å². The van der Waals surface area contributed by atoms with Gasteiger partial charge in [-0.25, -0.2) is 9.97 Å². The molecule has 2 N–H and O–H groups in total. The van der Waals surface area contributed by atoms with Gasteiger partial charge < -0.3 is 5.73 Å². The number of nitrogens with two attached hydrogens (primary N) is 1. The fraction of sp³-hybridized carbons (Fsp3) is 0.133. The van der Waals surface area contributed by atoms with Crippen LogP contribution in [0.2, 0.25) is 0 Å². The summed E-state index contributed by atoms with van der Waals surface area (Å²) in [5.41, 5.74) is 5.77. The Bertz CT molecular complexity index is 840. The molecule has 5 nitrogen and oxygen atoms in total. The van der Waals surface area contributed by atoms with Crippen molar-refractivity contribution in [2.75, 3.05) is 5.73 Å². The minimum absolute atomic E-state index is 0.0182. The highest BCUT2D eigenvalue weighted by molar-refractivity contribution is 5.80. The van der Waals surface area contributed by atoms with E-state index in [9.17, 15) is 13.2 Å². The molecule has 0 amide bonds. The van der Waals surface area contributed by atoms with Gasteiger partial charge in [0.25, 0.3) is 5.95 Å². The van der Waals surface area contributed by atoms with Gasteiger partial charge in [-0.2, -0.15) is 23.0 Å². The van der Waals surface area contributed by atoms with Gasteiger partial charge in [0, 0.05) is 12.4 Å². The predicted molar refractivity (Wildman–Crippen MR) is 78.7 cm³/mol. The molecule has 0 saturated carbocycles. The van der Waals surface area contributed by atoms with E-state index in [-0.39, 0.29) is 17.3 Å². The Balaban J connectivity index is 2.31. The molecule has 3 rings (SSSR count). The molecule has 23 heavy (non-hydrogen) atoms. The summed E-state index contributed by atoms with van der Waals surface area (Å²) >= 11 is 0. The first kappa shape index (κ1) is 15.0. The minimum Gasteiger partial charge on any atom is -0.383 e. The Morgan fingerprint density at radius 1 is 1.04 bits per heavy atom. The van der Waals surface area contributed by atoms with Crippen LogP contribution in [0, 0.1) is 6.92 Å². The Morgan fingerprint density at radius 3 is 2.30 bits per heavy atom. The zero-order valence-electron chi connectivity index (χ0n) is 12.0. The molecule has 0 spiro atoms. The maximum absolute atomic E-state index is 13.4. The molecule has 0 unspecified atom stereocenters. The SMILES string of the molecule is Cc1ccccc1-c1c(C(F)(F)F)nn(-c2ncccn2)c1N. The van der Waals surface area contributed by atoms with Gasteiger partial charge in [-0.15, -0.1) is 0 Å². The van der Waals surface area contributed by atoms with Gasteiger partial charge in [0.15, 0.2) is 5.69 Å². The standard InChI is InChI=1S/C15H12F3N5/c1-9-5-2-3-6-10(9)11-12(15(16,17)18)22-23(13(11)19)14-20-7-4-8-21-14/h2-8H,19H2,1H3. The van der Waals surface area contributed by atoms with Crippen LogP contribution in [0.5, 0.6) is 0 Å². The molecule has 118 valence electrons. The molecule has 8 heteroatoms. The Hall–Kier alpha value is -2.90. The van der Waals surface area contributed by atoms with Gasteiger partial charge in [0.1, 0.15) is 5.82 Å². The van der Waals surface area contributed by atoms with Crippen LogP contribution in [0.3, 0.4) is 0 Å². The van der Waals surface area contributed by atoms with Crippen LogP contribution in [0.25, 0.3) is 17.1 Å². The molecule has 0 aliphatic heterocycles. The number of nitrogen functional groups attached to an aromatic ring is 1. The largest absolute Gasteiger partial charge is 0.435 e. The van der Waals surface area contributed by atoms with Crippen molar-refractivity contribution in [2.45, 2.75) is 13.1 Å². The molecule has 2 heterocycles. The van der Waals surface area contributed by atoms with Crippen LogP contribution in [0.4, 0.5) is 19.0 Å². The third-order valence-electron chi connectivity index (χ3n) is 3.35. The normalized spacial score (nSPS) is 11.7. The third kappa shape index (κ3) is 2.63. The maximum Gasteiger partial charge on any atom is 0.435 e. The molecule has 0 atom stereocenters. The fourth-order valence-electron chi connectivity index (χ4n) is 2.30. The van der Waals surface area contributed by atoms with Crippen LogP contribution in [-0.4, -0.2) is 19.7 Å². The number of rotatable bonds is 2. The highest BCUT2D eigenvalue weighted by atomic mass is 19.4. The Morgan fingerprint density at radius 2 is 1.70 bits per heavy atom. The summed E-state index contributed by atoms with van der Waals surface area (Å²) in [6.07, 6.45) is -1.83. The lowest BCUT2D eigenvalue weighted by Crippen LogP contribution is -2.09. The molecule has 0 fully saturated rings. The molecule has 0 radical (unpaired) electrons. The molecule has 1 aromatic carbocycles. The van der Waals surface area contributed by atoms with Gasteiger partial charge in [-0.3, -0.25) is 0 Å². The molecule has 0 saturated heterocycles. The number of benzene rings is 1. The van der Waals surface area contributed by atoms with E-state index in [4.69, 9.17) is 5.73 Å². The Labute approximate surface area is 129 Å². The van der Waals surface area contributed by atoms with E-state index in [2.05, 4.69) is 15.1 Å². The van der Waals surface area contributed by atoms with Crippen molar-refractivity contribution < 1.29 is 13.2 Å². The first-order valence-electron chi connectivity index (χ1n) is 6.68. The average Bonchev–Trinajstić information content (AvgIpc) is 2.86. The number of alkyl halides is 3. The summed E-state index contributed by atoms with van der Waals surface area (Å²) in [4.78, 5) is 7.81. The van der Waals surface area contributed by atoms with Crippen LogP contribution in [0.15, 0.2) is 42.7 Å². The topological polar surface area (TPSA) is 69.6 Å². The number of aryl methyl sites for hydroxylation is 1.